The minimum atomic E-state index is -2.84. The highest BCUT2D eigenvalue weighted by atomic mass is 32.2. The Morgan fingerprint density at radius 1 is 1.33 bits per heavy atom. The van der Waals surface area contributed by atoms with Crippen LogP contribution in [0.5, 0.6) is 0 Å². The summed E-state index contributed by atoms with van der Waals surface area (Å²) >= 11 is 0. The van der Waals surface area contributed by atoms with Gasteiger partial charge in [0, 0.05) is 25.5 Å². The molecule has 0 aromatic heterocycles. The third-order valence-corrected chi connectivity index (χ3v) is 3.27. The van der Waals surface area contributed by atoms with Gasteiger partial charge in [-0.1, -0.05) is 0 Å². The van der Waals surface area contributed by atoms with Crippen LogP contribution in [0.2, 0.25) is 0 Å². The lowest BCUT2D eigenvalue weighted by Gasteiger charge is -2.15. The summed E-state index contributed by atoms with van der Waals surface area (Å²) < 4.78 is 27.2. The van der Waals surface area contributed by atoms with Gasteiger partial charge in [0.15, 0.2) is 0 Å². The molecule has 0 aliphatic carbocycles. The largest absolute Gasteiger partial charge is 0.382 e. The smallest absolute Gasteiger partial charge is 0.147 e. The fraction of sp³-hybridized carbons (Fsp3) is 1.00. The molecule has 0 spiro atoms. The van der Waals surface area contributed by atoms with Crippen molar-refractivity contribution in [3.05, 3.63) is 0 Å². The molecule has 5 heteroatoms. The van der Waals surface area contributed by atoms with Gasteiger partial charge in [0.2, 0.25) is 0 Å². The third-order valence-electron chi connectivity index (χ3n) is 2.29. The minimum absolute atomic E-state index is 0.257. The first-order valence-electron chi connectivity index (χ1n) is 5.42. The molecule has 0 bridgehead atoms. The fourth-order valence-corrected chi connectivity index (χ4v) is 2.08. The van der Waals surface area contributed by atoms with Gasteiger partial charge in [-0.25, -0.2) is 8.42 Å². The van der Waals surface area contributed by atoms with Crippen molar-refractivity contribution in [2.24, 2.45) is 0 Å². The number of hydrogen-bond acceptors (Lipinski definition) is 4. The molecular formula is C10H23NO3S. The Morgan fingerprint density at radius 2 is 2.00 bits per heavy atom. The second-order valence-electron chi connectivity index (χ2n) is 3.74. The van der Waals surface area contributed by atoms with Gasteiger partial charge in [0.1, 0.15) is 9.84 Å². The van der Waals surface area contributed by atoms with E-state index in [1.54, 1.807) is 0 Å². The van der Waals surface area contributed by atoms with Gasteiger partial charge in [0.25, 0.3) is 0 Å². The van der Waals surface area contributed by atoms with E-state index < -0.39 is 9.84 Å². The van der Waals surface area contributed by atoms with Gasteiger partial charge >= 0.3 is 0 Å². The molecule has 0 fully saturated rings. The maximum Gasteiger partial charge on any atom is 0.147 e. The van der Waals surface area contributed by atoms with E-state index in [0.29, 0.717) is 6.42 Å². The van der Waals surface area contributed by atoms with Gasteiger partial charge in [-0.15, -0.1) is 0 Å². The fourth-order valence-electron chi connectivity index (χ4n) is 1.37. The minimum Gasteiger partial charge on any atom is -0.382 e. The summed E-state index contributed by atoms with van der Waals surface area (Å²) in [5.74, 6) is 0.257. The van der Waals surface area contributed by atoms with Crippen molar-refractivity contribution in [1.29, 1.82) is 0 Å². The van der Waals surface area contributed by atoms with E-state index in [-0.39, 0.29) is 11.8 Å². The molecule has 0 saturated carbocycles. The first-order chi connectivity index (χ1) is 6.99. The van der Waals surface area contributed by atoms with Crippen molar-refractivity contribution >= 4 is 9.84 Å². The predicted molar refractivity (Wildman–Crippen MR) is 62.9 cm³/mol. The standard InChI is InChI=1S/C10H23NO3S/c1-4-14-8-5-6-10(11-2)7-9-15(3,12)13/h10-11H,4-9H2,1-3H3. The summed E-state index contributed by atoms with van der Waals surface area (Å²) in [6.45, 7) is 3.47. The molecular weight excluding hydrogens is 214 g/mol. The van der Waals surface area contributed by atoms with Crippen molar-refractivity contribution in [2.75, 3.05) is 32.3 Å². The number of sulfone groups is 1. The average Bonchev–Trinajstić information content (AvgIpc) is 2.15. The highest BCUT2D eigenvalue weighted by Crippen LogP contribution is 2.03. The predicted octanol–water partition coefficient (Wildman–Crippen LogP) is 0.826. The van der Waals surface area contributed by atoms with Crippen LogP contribution in [0.1, 0.15) is 26.2 Å². The van der Waals surface area contributed by atoms with Crippen molar-refractivity contribution in [3.8, 4) is 0 Å². The van der Waals surface area contributed by atoms with E-state index in [9.17, 15) is 8.42 Å². The molecule has 0 saturated heterocycles. The molecule has 0 rings (SSSR count). The van der Waals surface area contributed by atoms with Gasteiger partial charge in [-0.2, -0.15) is 0 Å². The van der Waals surface area contributed by atoms with E-state index in [2.05, 4.69) is 5.32 Å². The van der Waals surface area contributed by atoms with Crippen molar-refractivity contribution in [1.82, 2.24) is 5.32 Å². The van der Waals surface area contributed by atoms with Crippen LogP contribution in [-0.2, 0) is 14.6 Å². The van der Waals surface area contributed by atoms with Crippen LogP contribution in [0.3, 0.4) is 0 Å². The Bertz CT molecular complexity index is 239. The van der Waals surface area contributed by atoms with Crippen LogP contribution < -0.4 is 5.32 Å². The number of nitrogens with one attached hydrogen (secondary N) is 1. The Kier molecular flexibility index (Phi) is 8.00. The molecule has 0 aromatic carbocycles. The summed E-state index contributed by atoms with van der Waals surface area (Å²) in [4.78, 5) is 0. The zero-order valence-electron chi connectivity index (χ0n) is 9.95. The van der Waals surface area contributed by atoms with Crippen molar-refractivity contribution in [2.45, 2.75) is 32.2 Å². The van der Waals surface area contributed by atoms with Crippen LogP contribution in [0, 0.1) is 0 Å². The maximum atomic E-state index is 11.0. The van der Waals surface area contributed by atoms with Crippen molar-refractivity contribution < 1.29 is 13.2 Å². The van der Waals surface area contributed by atoms with E-state index in [1.807, 2.05) is 14.0 Å². The molecule has 1 N–H and O–H groups in total. The van der Waals surface area contributed by atoms with Crippen LogP contribution >= 0.6 is 0 Å². The molecule has 0 aromatic rings. The highest BCUT2D eigenvalue weighted by Gasteiger charge is 2.09. The Labute approximate surface area is 93.3 Å². The third kappa shape index (κ3) is 10.2. The lowest BCUT2D eigenvalue weighted by molar-refractivity contribution is 0.141. The zero-order valence-corrected chi connectivity index (χ0v) is 10.8. The summed E-state index contributed by atoms with van der Waals surface area (Å²) in [6, 6.07) is 0.278. The lowest BCUT2D eigenvalue weighted by atomic mass is 10.1. The van der Waals surface area contributed by atoms with Crippen LogP contribution in [0.15, 0.2) is 0 Å². The van der Waals surface area contributed by atoms with E-state index in [1.165, 1.54) is 6.26 Å². The normalized spacial score (nSPS) is 14.1. The average molecular weight is 237 g/mol. The lowest BCUT2D eigenvalue weighted by Crippen LogP contribution is -2.28. The van der Waals surface area contributed by atoms with E-state index in [0.717, 1.165) is 26.1 Å². The summed E-state index contributed by atoms with van der Waals surface area (Å²) in [7, 11) is -0.967. The summed E-state index contributed by atoms with van der Waals surface area (Å²) in [5.41, 5.74) is 0. The molecule has 0 aliphatic heterocycles. The quantitative estimate of drug-likeness (QED) is 0.603. The zero-order chi connectivity index (χ0) is 11.7. The van der Waals surface area contributed by atoms with Gasteiger partial charge in [-0.3, -0.25) is 0 Å². The Hall–Kier alpha value is -0.130. The molecule has 0 radical (unpaired) electrons. The molecule has 0 heterocycles. The SMILES string of the molecule is CCOCCCC(CCS(C)(=O)=O)NC. The number of ether oxygens (including phenoxy) is 1. The molecule has 1 atom stereocenters. The topological polar surface area (TPSA) is 55.4 Å². The first kappa shape index (κ1) is 14.9. The van der Waals surface area contributed by atoms with Gasteiger partial charge in [0.05, 0.1) is 5.75 Å². The van der Waals surface area contributed by atoms with Crippen molar-refractivity contribution in [3.63, 3.8) is 0 Å². The Morgan fingerprint density at radius 3 is 2.47 bits per heavy atom. The van der Waals surface area contributed by atoms with Crippen LogP contribution in [0.25, 0.3) is 0 Å². The highest BCUT2D eigenvalue weighted by molar-refractivity contribution is 7.90. The van der Waals surface area contributed by atoms with Crippen LogP contribution in [0.4, 0.5) is 0 Å². The number of rotatable bonds is 9. The molecule has 92 valence electrons. The first-order valence-corrected chi connectivity index (χ1v) is 7.48. The van der Waals surface area contributed by atoms with Crippen LogP contribution in [-0.4, -0.2) is 46.7 Å². The van der Waals surface area contributed by atoms with Gasteiger partial charge in [-0.05, 0) is 33.2 Å². The summed E-state index contributed by atoms with van der Waals surface area (Å²) in [5, 5.41) is 3.13. The monoisotopic (exact) mass is 237 g/mol. The molecule has 0 aliphatic rings. The Balaban J connectivity index is 3.64. The maximum absolute atomic E-state index is 11.0. The molecule has 4 nitrogen and oxygen atoms in total. The number of hydrogen-bond donors (Lipinski definition) is 1. The second-order valence-corrected chi connectivity index (χ2v) is 6.00. The van der Waals surface area contributed by atoms with E-state index in [4.69, 9.17) is 4.74 Å². The van der Waals surface area contributed by atoms with Gasteiger partial charge < -0.3 is 10.1 Å². The molecule has 15 heavy (non-hydrogen) atoms. The molecule has 0 amide bonds. The van der Waals surface area contributed by atoms with E-state index >= 15 is 0 Å². The molecule has 1 unspecified atom stereocenters. The summed E-state index contributed by atoms with van der Waals surface area (Å²) in [6.07, 6.45) is 3.90. The second kappa shape index (κ2) is 8.07.